The molecular formula is C19H23FN2O3S. The van der Waals surface area contributed by atoms with E-state index in [-0.39, 0.29) is 22.1 Å². The standard InChI is InChI=1S/C19H23FN2O3S/c1-3-4-7-13-21-19(23)15-9-8-10-16(14-15)26(24,25)22(2)18-12-6-5-11-17(18)20/h5-6,8-12,14H,3-4,7,13H2,1-2H3,(H,21,23). The lowest BCUT2D eigenvalue weighted by atomic mass is 10.2. The number of para-hydroxylation sites is 1. The second kappa shape index (κ2) is 8.80. The third kappa shape index (κ3) is 4.60. The van der Waals surface area contributed by atoms with Gasteiger partial charge in [-0.05, 0) is 36.8 Å². The first-order valence-corrected chi connectivity index (χ1v) is 9.93. The summed E-state index contributed by atoms with van der Waals surface area (Å²) in [6.45, 7) is 2.61. The number of nitrogens with one attached hydrogen (secondary N) is 1. The first-order valence-electron chi connectivity index (χ1n) is 8.49. The number of rotatable bonds is 8. The molecule has 0 saturated carbocycles. The molecule has 0 unspecified atom stereocenters. The molecule has 2 aromatic carbocycles. The summed E-state index contributed by atoms with van der Waals surface area (Å²) in [5, 5.41) is 2.78. The topological polar surface area (TPSA) is 66.5 Å². The van der Waals surface area contributed by atoms with Crippen molar-refractivity contribution in [1.82, 2.24) is 5.32 Å². The lowest BCUT2D eigenvalue weighted by Gasteiger charge is -2.20. The summed E-state index contributed by atoms with van der Waals surface area (Å²) in [4.78, 5) is 12.1. The van der Waals surface area contributed by atoms with E-state index >= 15 is 0 Å². The SMILES string of the molecule is CCCCCNC(=O)c1cccc(S(=O)(=O)N(C)c2ccccc2F)c1. The minimum Gasteiger partial charge on any atom is -0.352 e. The van der Waals surface area contributed by atoms with E-state index in [1.165, 1.54) is 43.4 Å². The van der Waals surface area contributed by atoms with Gasteiger partial charge in [0.1, 0.15) is 5.82 Å². The van der Waals surface area contributed by atoms with Gasteiger partial charge in [0.15, 0.2) is 0 Å². The summed E-state index contributed by atoms with van der Waals surface area (Å²) < 4.78 is 40.4. The number of carbonyl (C=O) groups is 1. The molecule has 0 aliphatic carbocycles. The molecule has 0 aromatic heterocycles. The fourth-order valence-electron chi connectivity index (χ4n) is 2.47. The molecule has 0 fully saturated rings. The van der Waals surface area contributed by atoms with Crippen molar-refractivity contribution >= 4 is 21.6 Å². The van der Waals surface area contributed by atoms with Gasteiger partial charge in [-0.15, -0.1) is 0 Å². The molecule has 2 rings (SSSR count). The lowest BCUT2D eigenvalue weighted by molar-refractivity contribution is 0.0952. The van der Waals surface area contributed by atoms with E-state index in [4.69, 9.17) is 0 Å². The number of halogens is 1. The van der Waals surface area contributed by atoms with Crippen LogP contribution in [0.25, 0.3) is 0 Å². The average molecular weight is 378 g/mol. The Hall–Kier alpha value is -2.41. The summed E-state index contributed by atoms with van der Waals surface area (Å²) >= 11 is 0. The van der Waals surface area contributed by atoms with Crippen molar-refractivity contribution in [3.05, 3.63) is 59.9 Å². The Morgan fingerprint density at radius 2 is 1.85 bits per heavy atom. The zero-order valence-corrected chi connectivity index (χ0v) is 15.7. The summed E-state index contributed by atoms with van der Waals surface area (Å²) in [5.41, 5.74) is 0.200. The maximum Gasteiger partial charge on any atom is 0.264 e. The maximum absolute atomic E-state index is 13.9. The number of sulfonamides is 1. The molecule has 0 atom stereocenters. The smallest absolute Gasteiger partial charge is 0.264 e. The Bertz CT molecular complexity index is 869. The second-order valence-electron chi connectivity index (χ2n) is 5.91. The molecule has 0 aliphatic rings. The van der Waals surface area contributed by atoms with Crippen LogP contribution in [0.2, 0.25) is 0 Å². The van der Waals surface area contributed by atoms with Crippen molar-refractivity contribution in [2.24, 2.45) is 0 Å². The molecular weight excluding hydrogens is 355 g/mol. The molecule has 0 aliphatic heterocycles. The number of hydrogen-bond acceptors (Lipinski definition) is 3. The lowest BCUT2D eigenvalue weighted by Crippen LogP contribution is -2.28. The minimum atomic E-state index is -3.99. The van der Waals surface area contributed by atoms with E-state index in [0.717, 1.165) is 23.6 Å². The highest BCUT2D eigenvalue weighted by molar-refractivity contribution is 7.92. The van der Waals surface area contributed by atoms with Crippen LogP contribution in [-0.4, -0.2) is 27.9 Å². The van der Waals surface area contributed by atoms with Gasteiger partial charge in [0.2, 0.25) is 0 Å². The van der Waals surface area contributed by atoms with Crippen molar-refractivity contribution in [1.29, 1.82) is 0 Å². The van der Waals surface area contributed by atoms with Crippen LogP contribution >= 0.6 is 0 Å². The van der Waals surface area contributed by atoms with Crippen LogP contribution in [0.3, 0.4) is 0 Å². The molecule has 26 heavy (non-hydrogen) atoms. The number of unbranched alkanes of at least 4 members (excludes halogenated alkanes) is 2. The number of nitrogens with zero attached hydrogens (tertiary/aromatic N) is 1. The van der Waals surface area contributed by atoms with Gasteiger partial charge >= 0.3 is 0 Å². The number of benzene rings is 2. The molecule has 0 saturated heterocycles. The van der Waals surface area contributed by atoms with E-state index in [0.29, 0.717) is 6.54 Å². The molecule has 0 radical (unpaired) electrons. The summed E-state index contributed by atoms with van der Waals surface area (Å²) in [7, 11) is -2.70. The normalized spacial score (nSPS) is 11.2. The van der Waals surface area contributed by atoms with Gasteiger partial charge in [0.25, 0.3) is 15.9 Å². The third-order valence-electron chi connectivity index (χ3n) is 4.01. The van der Waals surface area contributed by atoms with Gasteiger partial charge < -0.3 is 5.32 Å². The van der Waals surface area contributed by atoms with E-state index in [9.17, 15) is 17.6 Å². The quantitative estimate of drug-likeness (QED) is 0.714. The van der Waals surface area contributed by atoms with Crippen molar-refractivity contribution < 1.29 is 17.6 Å². The first-order chi connectivity index (χ1) is 12.4. The highest BCUT2D eigenvalue weighted by Gasteiger charge is 2.24. The minimum absolute atomic E-state index is 0.0538. The molecule has 0 heterocycles. The number of anilines is 1. The second-order valence-corrected chi connectivity index (χ2v) is 7.88. The maximum atomic E-state index is 13.9. The van der Waals surface area contributed by atoms with Crippen LogP contribution in [0.5, 0.6) is 0 Å². The van der Waals surface area contributed by atoms with Crippen molar-refractivity contribution in [2.75, 3.05) is 17.9 Å². The highest BCUT2D eigenvalue weighted by atomic mass is 32.2. The van der Waals surface area contributed by atoms with Gasteiger partial charge in [-0.3, -0.25) is 9.10 Å². The van der Waals surface area contributed by atoms with Crippen molar-refractivity contribution in [3.8, 4) is 0 Å². The molecule has 0 spiro atoms. The van der Waals surface area contributed by atoms with Gasteiger partial charge in [0, 0.05) is 19.2 Å². The molecule has 140 valence electrons. The van der Waals surface area contributed by atoms with Crippen LogP contribution < -0.4 is 9.62 Å². The van der Waals surface area contributed by atoms with Crippen LogP contribution in [0, 0.1) is 5.82 Å². The fraction of sp³-hybridized carbons (Fsp3) is 0.316. The van der Waals surface area contributed by atoms with E-state index in [1.54, 1.807) is 12.1 Å². The predicted octanol–water partition coefficient (Wildman–Crippen LogP) is 3.57. The van der Waals surface area contributed by atoms with Crippen LogP contribution in [0.4, 0.5) is 10.1 Å². The highest BCUT2D eigenvalue weighted by Crippen LogP contribution is 2.24. The summed E-state index contributed by atoms with van der Waals surface area (Å²) in [6, 6.07) is 11.4. The molecule has 0 bridgehead atoms. The Balaban J connectivity index is 2.22. The fourth-order valence-corrected chi connectivity index (χ4v) is 3.72. The third-order valence-corrected chi connectivity index (χ3v) is 5.78. The average Bonchev–Trinajstić information content (AvgIpc) is 2.65. The summed E-state index contributed by atoms with van der Waals surface area (Å²) in [5.74, 6) is -0.963. The zero-order valence-electron chi connectivity index (χ0n) is 14.9. The predicted molar refractivity (Wildman–Crippen MR) is 100 cm³/mol. The zero-order chi connectivity index (χ0) is 19.2. The molecule has 1 N–H and O–H groups in total. The molecule has 1 amide bonds. The number of carbonyl (C=O) groups excluding carboxylic acids is 1. The number of amides is 1. The Morgan fingerprint density at radius 3 is 2.54 bits per heavy atom. The Morgan fingerprint density at radius 1 is 1.12 bits per heavy atom. The van der Waals surface area contributed by atoms with E-state index in [2.05, 4.69) is 12.2 Å². The van der Waals surface area contributed by atoms with Crippen LogP contribution in [0.1, 0.15) is 36.5 Å². The molecule has 5 nitrogen and oxygen atoms in total. The van der Waals surface area contributed by atoms with Crippen LogP contribution in [0.15, 0.2) is 53.4 Å². The van der Waals surface area contributed by atoms with Gasteiger partial charge in [-0.1, -0.05) is 38.0 Å². The van der Waals surface area contributed by atoms with Gasteiger partial charge in [-0.25, -0.2) is 12.8 Å². The van der Waals surface area contributed by atoms with E-state index in [1.807, 2.05) is 0 Å². The van der Waals surface area contributed by atoms with Crippen LogP contribution in [-0.2, 0) is 10.0 Å². The largest absolute Gasteiger partial charge is 0.352 e. The first kappa shape index (κ1) is 19.9. The van der Waals surface area contributed by atoms with Crippen molar-refractivity contribution in [3.63, 3.8) is 0 Å². The van der Waals surface area contributed by atoms with Crippen molar-refractivity contribution in [2.45, 2.75) is 31.1 Å². The van der Waals surface area contributed by atoms with E-state index < -0.39 is 15.8 Å². The molecule has 7 heteroatoms. The molecule has 2 aromatic rings. The summed E-state index contributed by atoms with van der Waals surface area (Å²) in [6.07, 6.45) is 2.93. The Kier molecular flexibility index (Phi) is 6.74. The monoisotopic (exact) mass is 378 g/mol. The van der Waals surface area contributed by atoms with Gasteiger partial charge in [0.05, 0.1) is 10.6 Å². The van der Waals surface area contributed by atoms with Gasteiger partial charge in [-0.2, -0.15) is 0 Å². The Labute approximate surface area is 153 Å². The number of hydrogen-bond donors (Lipinski definition) is 1.